The van der Waals surface area contributed by atoms with Crippen molar-refractivity contribution in [1.82, 2.24) is 20.4 Å². The van der Waals surface area contributed by atoms with Crippen LogP contribution in [0.1, 0.15) is 25.7 Å². The van der Waals surface area contributed by atoms with Crippen molar-refractivity contribution in [3.05, 3.63) is 60.5 Å². The Morgan fingerprint density at radius 3 is 2.56 bits per heavy atom. The molecule has 0 bridgehead atoms. The van der Waals surface area contributed by atoms with Gasteiger partial charge in [0, 0.05) is 56.8 Å². The van der Waals surface area contributed by atoms with Crippen LogP contribution in [0.3, 0.4) is 0 Å². The summed E-state index contributed by atoms with van der Waals surface area (Å²) in [5, 5.41) is 7.03. The summed E-state index contributed by atoms with van der Waals surface area (Å²) in [6, 6.07) is 18.1. The fourth-order valence-corrected chi connectivity index (χ4v) is 4.05. The Labute approximate surface area is 200 Å². The predicted molar refractivity (Wildman–Crippen MR) is 132 cm³/mol. The number of anilines is 1. The molecule has 8 nitrogen and oxygen atoms in total. The molecule has 0 spiro atoms. The summed E-state index contributed by atoms with van der Waals surface area (Å²) in [6.07, 6.45) is 1.71. The van der Waals surface area contributed by atoms with E-state index in [1.165, 1.54) is 5.69 Å². The average molecular weight is 464 g/mol. The number of carbonyl (C=O) groups excluding carboxylic acids is 1. The molecule has 1 fully saturated rings. The van der Waals surface area contributed by atoms with Crippen LogP contribution in [-0.4, -0.2) is 66.8 Å². The molecule has 1 aliphatic rings. The van der Waals surface area contributed by atoms with Crippen LogP contribution in [0.2, 0.25) is 0 Å². The quantitative estimate of drug-likeness (QED) is 0.436. The van der Waals surface area contributed by atoms with Gasteiger partial charge in [0.2, 0.25) is 17.6 Å². The third-order valence-electron chi connectivity index (χ3n) is 5.92. The molecular weight excluding hydrogens is 430 g/mol. The van der Waals surface area contributed by atoms with E-state index in [0.29, 0.717) is 37.7 Å². The second-order valence-corrected chi connectivity index (χ2v) is 8.34. The van der Waals surface area contributed by atoms with E-state index in [9.17, 15) is 4.79 Å². The third kappa shape index (κ3) is 6.81. The summed E-state index contributed by atoms with van der Waals surface area (Å²) >= 11 is 0. The predicted octanol–water partition coefficient (Wildman–Crippen LogP) is 3.40. The molecule has 0 saturated carbocycles. The second kappa shape index (κ2) is 12.2. The number of aromatic nitrogens is 2. The van der Waals surface area contributed by atoms with Crippen molar-refractivity contribution < 1.29 is 14.1 Å². The number of nitrogens with zero attached hydrogens (tertiary/aromatic N) is 4. The number of rotatable bonds is 11. The number of piperazine rings is 1. The molecule has 0 aliphatic carbocycles. The first-order chi connectivity index (χ1) is 16.7. The van der Waals surface area contributed by atoms with Crippen LogP contribution in [0.25, 0.3) is 11.4 Å². The summed E-state index contributed by atoms with van der Waals surface area (Å²) in [7, 11) is 0. The van der Waals surface area contributed by atoms with Crippen LogP contribution < -0.4 is 15.0 Å². The highest BCUT2D eigenvalue weighted by Gasteiger charge is 2.16. The smallest absolute Gasteiger partial charge is 0.227 e. The van der Waals surface area contributed by atoms with Gasteiger partial charge < -0.3 is 19.5 Å². The van der Waals surface area contributed by atoms with Crippen LogP contribution in [0.5, 0.6) is 5.75 Å². The maximum Gasteiger partial charge on any atom is 0.227 e. The van der Waals surface area contributed by atoms with Crippen molar-refractivity contribution in [2.75, 3.05) is 50.8 Å². The van der Waals surface area contributed by atoms with Gasteiger partial charge >= 0.3 is 0 Å². The van der Waals surface area contributed by atoms with E-state index in [4.69, 9.17) is 9.26 Å². The first-order valence-electron chi connectivity index (χ1n) is 12.1. The summed E-state index contributed by atoms with van der Waals surface area (Å²) in [4.78, 5) is 21.5. The number of para-hydroxylation sites is 1. The van der Waals surface area contributed by atoms with Gasteiger partial charge in [-0.2, -0.15) is 4.98 Å². The van der Waals surface area contributed by atoms with E-state index in [2.05, 4.69) is 55.6 Å². The number of hydrogen-bond acceptors (Lipinski definition) is 7. The lowest BCUT2D eigenvalue weighted by molar-refractivity contribution is -0.121. The molecule has 1 aromatic heterocycles. The Kier molecular flexibility index (Phi) is 8.51. The van der Waals surface area contributed by atoms with Gasteiger partial charge in [-0.1, -0.05) is 23.4 Å². The minimum absolute atomic E-state index is 0.00899. The Morgan fingerprint density at radius 1 is 1.06 bits per heavy atom. The Hall–Kier alpha value is -3.39. The van der Waals surface area contributed by atoms with Crippen molar-refractivity contribution in [3.63, 3.8) is 0 Å². The van der Waals surface area contributed by atoms with Gasteiger partial charge in [0.25, 0.3) is 0 Å². The van der Waals surface area contributed by atoms with Crippen LogP contribution >= 0.6 is 0 Å². The van der Waals surface area contributed by atoms with E-state index < -0.39 is 0 Å². The number of carbonyl (C=O) groups is 1. The molecule has 1 amide bonds. The van der Waals surface area contributed by atoms with Crippen LogP contribution in [0.4, 0.5) is 5.69 Å². The molecule has 3 aromatic rings. The number of ether oxygens (including phenoxy) is 1. The maximum atomic E-state index is 12.2. The molecule has 0 radical (unpaired) electrons. The molecule has 1 N–H and O–H groups in total. The summed E-state index contributed by atoms with van der Waals surface area (Å²) < 4.78 is 10.8. The Bertz CT molecular complexity index is 1010. The maximum absolute atomic E-state index is 12.2. The zero-order valence-corrected chi connectivity index (χ0v) is 19.8. The molecule has 4 rings (SSSR count). The first kappa shape index (κ1) is 23.8. The lowest BCUT2D eigenvalue weighted by Crippen LogP contribution is -2.47. The molecule has 8 heteroatoms. The van der Waals surface area contributed by atoms with E-state index >= 15 is 0 Å². The minimum atomic E-state index is 0.00899. The SMILES string of the molecule is CCOc1ccc(-c2noc(CCC(=O)NCCCN3CCN(c4ccccc4)CC3)n2)cc1. The molecule has 34 heavy (non-hydrogen) atoms. The van der Waals surface area contributed by atoms with Crippen LogP contribution in [0, 0.1) is 0 Å². The molecule has 0 atom stereocenters. The Morgan fingerprint density at radius 2 is 1.82 bits per heavy atom. The molecular formula is C26H33N5O3. The molecule has 1 aliphatic heterocycles. The number of benzene rings is 2. The van der Waals surface area contributed by atoms with E-state index in [0.717, 1.165) is 50.5 Å². The Balaban J connectivity index is 1.10. The fourth-order valence-electron chi connectivity index (χ4n) is 4.05. The highest BCUT2D eigenvalue weighted by molar-refractivity contribution is 5.76. The zero-order chi connectivity index (χ0) is 23.6. The average Bonchev–Trinajstić information content (AvgIpc) is 3.36. The summed E-state index contributed by atoms with van der Waals surface area (Å²) in [5.41, 5.74) is 2.15. The summed E-state index contributed by atoms with van der Waals surface area (Å²) in [5.74, 6) is 1.80. The molecule has 2 heterocycles. The third-order valence-corrected chi connectivity index (χ3v) is 5.92. The highest BCUT2D eigenvalue weighted by atomic mass is 16.5. The monoisotopic (exact) mass is 463 g/mol. The fraction of sp³-hybridized carbons (Fsp3) is 0.423. The van der Waals surface area contributed by atoms with Gasteiger partial charge in [-0.05, 0) is 56.3 Å². The second-order valence-electron chi connectivity index (χ2n) is 8.34. The zero-order valence-electron chi connectivity index (χ0n) is 19.8. The largest absolute Gasteiger partial charge is 0.494 e. The standard InChI is InChI=1S/C26H33N5O3/c1-2-33-23-11-9-21(10-12-23)26-28-25(34-29-26)14-13-24(32)27-15-6-16-30-17-19-31(20-18-30)22-7-4-3-5-8-22/h3-5,7-12H,2,6,13-20H2,1H3,(H,27,32). The molecule has 0 unspecified atom stereocenters. The minimum Gasteiger partial charge on any atom is -0.494 e. The van der Waals surface area contributed by atoms with Crippen molar-refractivity contribution in [2.45, 2.75) is 26.2 Å². The van der Waals surface area contributed by atoms with Crippen molar-refractivity contribution in [2.24, 2.45) is 0 Å². The van der Waals surface area contributed by atoms with E-state index in [1.54, 1.807) is 0 Å². The molecule has 180 valence electrons. The number of hydrogen-bond donors (Lipinski definition) is 1. The van der Waals surface area contributed by atoms with E-state index in [1.807, 2.05) is 31.2 Å². The van der Waals surface area contributed by atoms with Crippen LogP contribution in [0.15, 0.2) is 59.1 Å². The molecule has 2 aromatic carbocycles. The van der Waals surface area contributed by atoms with Crippen molar-refractivity contribution in [3.8, 4) is 17.1 Å². The van der Waals surface area contributed by atoms with Crippen molar-refractivity contribution >= 4 is 11.6 Å². The van der Waals surface area contributed by atoms with Crippen molar-refractivity contribution in [1.29, 1.82) is 0 Å². The lowest BCUT2D eigenvalue weighted by Gasteiger charge is -2.36. The topological polar surface area (TPSA) is 83.7 Å². The van der Waals surface area contributed by atoms with Gasteiger partial charge in [-0.15, -0.1) is 0 Å². The normalized spacial score (nSPS) is 14.2. The highest BCUT2D eigenvalue weighted by Crippen LogP contribution is 2.20. The van der Waals surface area contributed by atoms with Crippen LogP contribution in [-0.2, 0) is 11.2 Å². The van der Waals surface area contributed by atoms with Gasteiger partial charge in [0.05, 0.1) is 6.61 Å². The number of aryl methyl sites for hydroxylation is 1. The van der Waals surface area contributed by atoms with Gasteiger partial charge in [-0.25, -0.2) is 0 Å². The lowest BCUT2D eigenvalue weighted by atomic mass is 10.2. The number of amides is 1. The summed E-state index contributed by atoms with van der Waals surface area (Å²) in [6.45, 7) is 8.44. The van der Waals surface area contributed by atoms with Gasteiger partial charge in [-0.3, -0.25) is 9.69 Å². The van der Waals surface area contributed by atoms with E-state index in [-0.39, 0.29) is 5.91 Å². The van der Waals surface area contributed by atoms with Gasteiger partial charge in [0.1, 0.15) is 5.75 Å². The molecule has 1 saturated heterocycles. The first-order valence-corrected chi connectivity index (χ1v) is 12.1. The number of nitrogens with one attached hydrogen (secondary N) is 1. The van der Waals surface area contributed by atoms with Gasteiger partial charge in [0.15, 0.2) is 0 Å².